The number of hydrogen-bond donors (Lipinski definition) is 1. The van der Waals surface area contributed by atoms with E-state index in [-0.39, 0.29) is 5.91 Å². The Balaban J connectivity index is 1.54. The second-order valence-corrected chi connectivity index (χ2v) is 6.35. The Morgan fingerprint density at radius 1 is 1.17 bits per heavy atom. The number of carbonyl (C=O) groups is 1. The lowest BCUT2D eigenvalue weighted by atomic mass is 10.1. The summed E-state index contributed by atoms with van der Waals surface area (Å²) in [6.45, 7) is 7.15. The van der Waals surface area contributed by atoms with Crippen molar-refractivity contribution in [3.05, 3.63) is 59.0 Å². The van der Waals surface area contributed by atoms with Gasteiger partial charge >= 0.3 is 0 Å². The second kappa shape index (κ2) is 7.20. The third-order valence-corrected chi connectivity index (χ3v) is 4.55. The zero-order chi connectivity index (χ0) is 17.1. The summed E-state index contributed by atoms with van der Waals surface area (Å²) in [4.78, 5) is 16.6. The van der Waals surface area contributed by atoms with Gasteiger partial charge in [0.15, 0.2) is 0 Å². The predicted octanol–water partition coefficient (Wildman–Crippen LogP) is 2.39. The molecule has 2 aromatic rings. The Kier molecular flexibility index (Phi) is 5.02. The highest BCUT2D eigenvalue weighted by Crippen LogP contribution is 2.18. The number of aliphatic hydroxyl groups excluding tert-OH is 1. The number of furan rings is 1. The molecule has 128 valence electrons. The van der Waals surface area contributed by atoms with Crippen molar-refractivity contribution in [3.63, 3.8) is 0 Å². The average Bonchev–Trinajstić information content (AvgIpc) is 2.94. The van der Waals surface area contributed by atoms with Crippen LogP contribution in [0.5, 0.6) is 0 Å². The molecule has 0 bridgehead atoms. The van der Waals surface area contributed by atoms with Crippen molar-refractivity contribution in [1.29, 1.82) is 0 Å². The number of amides is 1. The molecule has 1 fully saturated rings. The van der Waals surface area contributed by atoms with Crippen LogP contribution in [0.3, 0.4) is 0 Å². The van der Waals surface area contributed by atoms with Crippen LogP contribution in [0, 0.1) is 13.8 Å². The van der Waals surface area contributed by atoms with Crippen molar-refractivity contribution in [1.82, 2.24) is 9.80 Å². The maximum absolute atomic E-state index is 12.6. The largest absolute Gasteiger partial charge is 0.466 e. The standard InChI is InChI=1S/C19H24N2O3/c1-14-12-17(15(2)24-14)19(23)21-10-8-20(9-11-21)13-18(22)16-6-4-3-5-7-16/h3-7,12,18,22H,8-11,13H2,1-2H3. The van der Waals surface area contributed by atoms with Crippen LogP contribution in [0.1, 0.15) is 33.5 Å². The first-order valence-electron chi connectivity index (χ1n) is 8.36. The van der Waals surface area contributed by atoms with Crippen LogP contribution >= 0.6 is 0 Å². The summed E-state index contributed by atoms with van der Waals surface area (Å²) in [6, 6.07) is 11.5. The van der Waals surface area contributed by atoms with Gasteiger partial charge < -0.3 is 14.4 Å². The van der Waals surface area contributed by atoms with Gasteiger partial charge in [0.2, 0.25) is 0 Å². The topological polar surface area (TPSA) is 56.9 Å². The molecular formula is C19H24N2O3. The van der Waals surface area contributed by atoms with Crippen LogP contribution in [0.2, 0.25) is 0 Å². The molecule has 1 aromatic carbocycles. The quantitative estimate of drug-likeness (QED) is 0.936. The molecule has 1 N–H and O–H groups in total. The van der Waals surface area contributed by atoms with Crippen molar-refractivity contribution in [2.45, 2.75) is 20.0 Å². The van der Waals surface area contributed by atoms with Crippen LogP contribution in [-0.2, 0) is 0 Å². The minimum Gasteiger partial charge on any atom is -0.466 e. The van der Waals surface area contributed by atoms with Gasteiger partial charge in [-0.05, 0) is 25.5 Å². The van der Waals surface area contributed by atoms with E-state index in [9.17, 15) is 9.90 Å². The Labute approximate surface area is 142 Å². The number of β-amino-alcohol motifs (C(OH)–C–C–N with tert-alkyl or cyclic N) is 1. The van der Waals surface area contributed by atoms with Gasteiger partial charge in [-0.3, -0.25) is 9.69 Å². The molecule has 1 aromatic heterocycles. The first-order chi connectivity index (χ1) is 11.5. The number of carbonyl (C=O) groups excluding carboxylic acids is 1. The fourth-order valence-electron chi connectivity index (χ4n) is 3.17. The SMILES string of the molecule is Cc1cc(C(=O)N2CCN(CC(O)c3ccccc3)CC2)c(C)o1. The molecule has 5 nitrogen and oxygen atoms in total. The van der Waals surface area contributed by atoms with E-state index < -0.39 is 6.10 Å². The van der Waals surface area contributed by atoms with Gasteiger partial charge in [0.1, 0.15) is 11.5 Å². The number of piperazine rings is 1. The van der Waals surface area contributed by atoms with Crippen LogP contribution in [0.25, 0.3) is 0 Å². The lowest BCUT2D eigenvalue weighted by molar-refractivity contribution is 0.0526. The number of nitrogens with zero attached hydrogens (tertiary/aromatic N) is 2. The van der Waals surface area contributed by atoms with Crippen molar-refractivity contribution >= 4 is 5.91 Å². The van der Waals surface area contributed by atoms with Gasteiger partial charge in [-0.15, -0.1) is 0 Å². The van der Waals surface area contributed by atoms with Crippen LogP contribution in [0.15, 0.2) is 40.8 Å². The first-order valence-corrected chi connectivity index (χ1v) is 8.36. The van der Waals surface area contributed by atoms with Crippen molar-refractivity contribution < 1.29 is 14.3 Å². The monoisotopic (exact) mass is 328 g/mol. The summed E-state index contributed by atoms with van der Waals surface area (Å²) in [6.07, 6.45) is -0.493. The lowest BCUT2D eigenvalue weighted by Crippen LogP contribution is -2.49. The highest BCUT2D eigenvalue weighted by molar-refractivity contribution is 5.95. The smallest absolute Gasteiger partial charge is 0.257 e. The molecule has 1 aliphatic rings. The fraction of sp³-hybridized carbons (Fsp3) is 0.421. The van der Waals surface area contributed by atoms with Gasteiger partial charge in [-0.1, -0.05) is 30.3 Å². The highest BCUT2D eigenvalue weighted by atomic mass is 16.3. The molecule has 2 heterocycles. The van der Waals surface area contributed by atoms with E-state index in [1.807, 2.05) is 55.1 Å². The Hall–Kier alpha value is -2.11. The van der Waals surface area contributed by atoms with E-state index in [0.717, 1.165) is 24.4 Å². The molecule has 0 spiro atoms. The summed E-state index contributed by atoms with van der Waals surface area (Å²) < 4.78 is 5.46. The van der Waals surface area contributed by atoms with Gasteiger partial charge in [0.05, 0.1) is 11.7 Å². The van der Waals surface area contributed by atoms with E-state index in [4.69, 9.17) is 4.42 Å². The summed E-state index contributed by atoms with van der Waals surface area (Å²) >= 11 is 0. The van der Waals surface area contributed by atoms with Crippen molar-refractivity contribution in [2.75, 3.05) is 32.7 Å². The number of hydrogen-bond acceptors (Lipinski definition) is 4. The Morgan fingerprint density at radius 2 is 1.83 bits per heavy atom. The molecule has 0 saturated carbocycles. The number of aryl methyl sites for hydroxylation is 2. The summed E-state index contributed by atoms with van der Waals surface area (Å²) in [7, 11) is 0. The Bertz CT molecular complexity index is 688. The zero-order valence-electron chi connectivity index (χ0n) is 14.2. The normalized spacial score (nSPS) is 17.0. The molecule has 1 unspecified atom stereocenters. The third-order valence-electron chi connectivity index (χ3n) is 4.55. The summed E-state index contributed by atoms with van der Waals surface area (Å²) in [5.74, 6) is 1.48. The fourth-order valence-corrected chi connectivity index (χ4v) is 3.17. The van der Waals surface area contributed by atoms with E-state index in [0.29, 0.717) is 31.0 Å². The number of rotatable bonds is 4. The molecule has 24 heavy (non-hydrogen) atoms. The molecule has 0 aliphatic carbocycles. The third kappa shape index (κ3) is 3.68. The molecular weight excluding hydrogens is 304 g/mol. The first kappa shape index (κ1) is 16.7. The van der Waals surface area contributed by atoms with Crippen molar-refractivity contribution in [2.24, 2.45) is 0 Å². The number of benzene rings is 1. The van der Waals surface area contributed by atoms with Crippen LogP contribution < -0.4 is 0 Å². The molecule has 1 aliphatic heterocycles. The van der Waals surface area contributed by atoms with Gasteiger partial charge in [-0.25, -0.2) is 0 Å². The summed E-state index contributed by atoms with van der Waals surface area (Å²) in [5, 5.41) is 10.3. The van der Waals surface area contributed by atoms with E-state index >= 15 is 0 Å². The summed E-state index contributed by atoms with van der Waals surface area (Å²) in [5.41, 5.74) is 1.59. The molecule has 0 radical (unpaired) electrons. The molecule has 1 saturated heterocycles. The molecule has 3 rings (SSSR count). The number of aliphatic hydroxyl groups is 1. The van der Waals surface area contributed by atoms with Crippen LogP contribution in [0.4, 0.5) is 0 Å². The van der Waals surface area contributed by atoms with E-state index in [2.05, 4.69) is 4.90 Å². The minimum absolute atomic E-state index is 0.0348. The van der Waals surface area contributed by atoms with Crippen LogP contribution in [-0.4, -0.2) is 53.5 Å². The maximum Gasteiger partial charge on any atom is 0.257 e. The van der Waals surface area contributed by atoms with Crippen molar-refractivity contribution in [3.8, 4) is 0 Å². The van der Waals surface area contributed by atoms with Gasteiger partial charge in [-0.2, -0.15) is 0 Å². The highest BCUT2D eigenvalue weighted by Gasteiger charge is 2.25. The lowest BCUT2D eigenvalue weighted by Gasteiger charge is -2.35. The van der Waals surface area contributed by atoms with E-state index in [1.54, 1.807) is 0 Å². The average molecular weight is 328 g/mol. The zero-order valence-corrected chi connectivity index (χ0v) is 14.2. The minimum atomic E-state index is -0.493. The molecule has 5 heteroatoms. The molecule has 1 amide bonds. The van der Waals surface area contributed by atoms with Gasteiger partial charge in [0, 0.05) is 32.7 Å². The predicted molar refractivity (Wildman–Crippen MR) is 91.9 cm³/mol. The second-order valence-electron chi connectivity index (χ2n) is 6.35. The Morgan fingerprint density at radius 3 is 2.42 bits per heavy atom. The van der Waals surface area contributed by atoms with E-state index in [1.165, 1.54) is 0 Å². The van der Waals surface area contributed by atoms with Gasteiger partial charge in [0.25, 0.3) is 5.91 Å². The molecule has 1 atom stereocenters. The maximum atomic E-state index is 12.6.